The number of carbonyl (C=O) groups excluding carboxylic acids is 1. The SMILES string of the molecule is COc1cc(C(=O)NC(=S)Nc2nc3ccc(Cl)cc3s2)cc(OC)c1OC. The Hall–Kier alpha value is -2.62. The van der Waals surface area contributed by atoms with Crippen molar-refractivity contribution >= 4 is 61.5 Å². The zero-order valence-electron chi connectivity index (χ0n) is 15.2. The van der Waals surface area contributed by atoms with Crippen molar-refractivity contribution in [3.63, 3.8) is 0 Å². The Kier molecular flexibility index (Phi) is 6.18. The maximum Gasteiger partial charge on any atom is 0.257 e. The molecule has 0 aliphatic heterocycles. The molecule has 0 radical (unpaired) electrons. The molecule has 2 N–H and O–H groups in total. The summed E-state index contributed by atoms with van der Waals surface area (Å²) in [5.41, 5.74) is 1.09. The summed E-state index contributed by atoms with van der Waals surface area (Å²) in [5, 5.41) is 6.81. The average Bonchev–Trinajstić information content (AvgIpc) is 3.07. The Morgan fingerprint density at radius 2 is 1.79 bits per heavy atom. The second-order valence-corrected chi connectivity index (χ2v) is 7.33. The summed E-state index contributed by atoms with van der Waals surface area (Å²) < 4.78 is 16.7. The van der Waals surface area contributed by atoms with Crippen LogP contribution in [0.3, 0.4) is 0 Å². The lowest BCUT2D eigenvalue weighted by Crippen LogP contribution is -2.34. The summed E-state index contributed by atoms with van der Waals surface area (Å²) in [7, 11) is 4.44. The fourth-order valence-corrected chi connectivity index (χ4v) is 3.87. The number of methoxy groups -OCH3 is 3. The normalized spacial score (nSPS) is 10.4. The number of thiazole rings is 1. The molecule has 0 fully saturated rings. The Bertz CT molecular complexity index is 1030. The van der Waals surface area contributed by atoms with Crippen molar-refractivity contribution in [2.75, 3.05) is 26.6 Å². The Morgan fingerprint density at radius 3 is 2.39 bits per heavy atom. The van der Waals surface area contributed by atoms with Gasteiger partial charge in [-0.25, -0.2) is 4.98 Å². The molecule has 28 heavy (non-hydrogen) atoms. The number of hydrogen-bond donors (Lipinski definition) is 2. The van der Waals surface area contributed by atoms with Crippen LogP contribution in [0.15, 0.2) is 30.3 Å². The van der Waals surface area contributed by atoms with Gasteiger partial charge in [-0.15, -0.1) is 0 Å². The first kappa shape index (κ1) is 20.1. The topological polar surface area (TPSA) is 81.7 Å². The van der Waals surface area contributed by atoms with E-state index in [2.05, 4.69) is 15.6 Å². The number of ether oxygens (including phenoxy) is 3. The van der Waals surface area contributed by atoms with Gasteiger partial charge in [0.25, 0.3) is 5.91 Å². The number of nitrogens with zero attached hydrogens (tertiary/aromatic N) is 1. The van der Waals surface area contributed by atoms with Crippen LogP contribution in [0.2, 0.25) is 5.02 Å². The quantitative estimate of drug-likeness (QED) is 0.581. The molecule has 1 aromatic heterocycles. The van der Waals surface area contributed by atoms with Crippen LogP contribution < -0.4 is 24.8 Å². The van der Waals surface area contributed by atoms with Crippen molar-refractivity contribution in [2.24, 2.45) is 0 Å². The van der Waals surface area contributed by atoms with Gasteiger partial charge in [0.2, 0.25) is 5.75 Å². The molecule has 7 nitrogen and oxygen atoms in total. The van der Waals surface area contributed by atoms with Crippen molar-refractivity contribution in [3.05, 3.63) is 40.9 Å². The average molecular weight is 438 g/mol. The van der Waals surface area contributed by atoms with Gasteiger partial charge < -0.3 is 19.5 Å². The van der Waals surface area contributed by atoms with Crippen molar-refractivity contribution in [2.45, 2.75) is 0 Å². The van der Waals surface area contributed by atoms with Gasteiger partial charge in [0.1, 0.15) is 0 Å². The number of anilines is 1. The predicted octanol–water partition coefficient (Wildman–Crippen LogP) is 4.10. The van der Waals surface area contributed by atoms with Crippen molar-refractivity contribution in [3.8, 4) is 17.2 Å². The molecule has 0 bridgehead atoms. The minimum Gasteiger partial charge on any atom is -0.493 e. The molecule has 0 saturated carbocycles. The molecule has 2 aromatic carbocycles. The van der Waals surface area contributed by atoms with Crippen LogP contribution in [0.5, 0.6) is 17.2 Å². The van der Waals surface area contributed by atoms with Gasteiger partial charge in [-0.3, -0.25) is 10.1 Å². The highest BCUT2D eigenvalue weighted by molar-refractivity contribution is 7.80. The molecule has 146 valence electrons. The molecule has 1 amide bonds. The van der Waals surface area contributed by atoms with E-state index in [0.717, 1.165) is 10.2 Å². The lowest BCUT2D eigenvalue weighted by molar-refractivity contribution is 0.0977. The highest BCUT2D eigenvalue weighted by Gasteiger charge is 2.18. The fraction of sp³-hybridized carbons (Fsp3) is 0.167. The molecule has 0 unspecified atom stereocenters. The third-order valence-corrected chi connectivity index (χ3v) is 5.10. The van der Waals surface area contributed by atoms with E-state index >= 15 is 0 Å². The van der Waals surface area contributed by atoms with E-state index in [9.17, 15) is 4.79 Å². The Labute approximate surface area is 175 Å². The molecule has 3 rings (SSSR count). The predicted molar refractivity (Wildman–Crippen MR) is 114 cm³/mol. The van der Waals surface area contributed by atoms with Crippen LogP contribution in [0, 0.1) is 0 Å². The van der Waals surface area contributed by atoms with E-state index in [1.807, 2.05) is 12.1 Å². The van der Waals surface area contributed by atoms with Crippen LogP contribution in [0.1, 0.15) is 10.4 Å². The Balaban J connectivity index is 1.75. The zero-order chi connectivity index (χ0) is 20.3. The first-order chi connectivity index (χ1) is 13.4. The largest absolute Gasteiger partial charge is 0.493 e. The third kappa shape index (κ3) is 4.27. The second-order valence-electron chi connectivity index (χ2n) is 5.45. The maximum atomic E-state index is 12.6. The van der Waals surface area contributed by atoms with E-state index in [1.54, 1.807) is 18.2 Å². The minimum absolute atomic E-state index is 0.115. The zero-order valence-corrected chi connectivity index (χ0v) is 17.6. The summed E-state index contributed by atoms with van der Waals surface area (Å²) in [4.78, 5) is 17.0. The highest BCUT2D eigenvalue weighted by Crippen LogP contribution is 2.38. The van der Waals surface area contributed by atoms with Crippen LogP contribution in [0.25, 0.3) is 10.2 Å². The first-order valence-electron chi connectivity index (χ1n) is 7.93. The van der Waals surface area contributed by atoms with Gasteiger partial charge >= 0.3 is 0 Å². The second kappa shape index (κ2) is 8.59. The lowest BCUT2D eigenvalue weighted by atomic mass is 10.1. The summed E-state index contributed by atoms with van der Waals surface area (Å²) in [6.45, 7) is 0. The van der Waals surface area contributed by atoms with Crippen molar-refractivity contribution in [1.29, 1.82) is 0 Å². The molecule has 3 aromatic rings. The number of rotatable bonds is 5. The Morgan fingerprint density at radius 1 is 1.11 bits per heavy atom. The molecule has 10 heteroatoms. The van der Waals surface area contributed by atoms with Gasteiger partial charge in [-0.2, -0.15) is 0 Å². The van der Waals surface area contributed by atoms with Crippen molar-refractivity contribution in [1.82, 2.24) is 10.3 Å². The van der Waals surface area contributed by atoms with Gasteiger partial charge in [-0.05, 0) is 42.5 Å². The van der Waals surface area contributed by atoms with E-state index in [4.69, 9.17) is 38.0 Å². The lowest BCUT2D eigenvalue weighted by Gasteiger charge is -2.14. The summed E-state index contributed by atoms with van der Waals surface area (Å²) >= 11 is 12.6. The third-order valence-electron chi connectivity index (χ3n) is 3.72. The summed E-state index contributed by atoms with van der Waals surface area (Å²) in [6.07, 6.45) is 0. The maximum absolute atomic E-state index is 12.6. The number of carbonyl (C=O) groups is 1. The fourth-order valence-electron chi connectivity index (χ4n) is 2.47. The molecule has 0 aliphatic rings. The van der Waals surface area contributed by atoms with E-state index < -0.39 is 5.91 Å². The smallest absolute Gasteiger partial charge is 0.257 e. The number of fused-ring (bicyclic) bond motifs is 1. The van der Waals surface area contributed by atoms with Gasteiger partial charge in [0, 0.05) is 10.6 Å². The number of benzene rings is 2. The van der Waals surface area contributed by atoms with Gasteiger partial charge in [-0.1, -0.05) is 22.9 Å². The number of halogens is 1. The van der Waals surface area contributed by atoms with Gasteiger partial charge in [0.15, 0.2) is 21.7 Å². The van der Waals surface area contributed by atoms with Crippen LogP contribution in [-0.2, 0) is 0 Å². The first-order valence-corrected chi connectivity index (χ1v) is 9.54. The number of aromatic nitrogens is 1. The van der Waals surface area contributed by atoms with Crippen molar-refractivity contribution < 1.29 is 19.0 Å². The molecule has 0 aliphatic carbocycles. The monoisotopic (exact) mass is 437 g/mol. The van der Waals surface area contributed by atoms with E-state index in [0.29, 0.717) is 33.0 Å². The number of hydrogen-bond acceptors (Lipinski definition) is 7. The van der Waals surface area contributed by atoms with Crippen LogP contribution in [0.4, 0.5) is 5.13 Å². The summed E-state index contributed by atoms with van der Waals surface area (Å²) in [5.74, 6) is 0.708. The summed E-state index contributed by atoms with van der Waals surface area (Å²) in [6, 6.07) is 8.48. The molecule has 0 atom stereocenters. The minimum atomic E-state index is -0.430. The van der Waals surface area contributed by atoms with Crippen LogP contribution >= 0.6 is 35.2 Å². The van der Waals surface area contributed by atoms with E-state index in [1.165, 1.54) is 32.7 Å². The number of amides is 1. The molecular formula is C18H16ClN3O4S2. The highest BCUT2D eigenvalue weighted by atomic mass is 35.5. The van der Waals surface area contributed by atoms with Gasteiger partial charge in [0.05, 0.1) is 31.5 Å². The number of nitrogens with one attached hydrogen (secondary N) is 2. The molecule has 1 heterocycles. The van der Waals surface area contributed by atoms with Crippen LogP contribution in [-0.4, -0.2) is 37.3 Å². The number of thiocarbonyl (C=S) groups is 1. The molecular weight excluding hydrogens is 422 g/mol. The standard InChI is InChI=1S/C18H16ClN3O4S2/c1-24-12-6-9(7-13(25-2)15(12)26-3)16(23)21-17(27)22-18-20-11-5-4-10(19)8-14(11)28-18/h4-8H,1-3H3,(H2,20,21,22,23,27). The van der Waals surface area contributed by atoms with E-state index in [-0.39, 0.29) is 5.11 Å². The molecule has 0 spiro atoms. The molecule has 0 saturated heterocycles.